The minimum absolute atomic E-state index is 0.0702. The van der Waals surface area contributed by atoms with Crippen LogP contribution in [-0.4, -0.2) is 46.4 Å². The molecule has 2 fully saturated rings. The summed E-state index contributed by atoms with van der Waals surface area (Å²) in [6, 6.07) is 21.9. The van der Waals surface area contributed by atoms with Crippen molar-refractivity contribution in [2.24, 2.45) is 5.92 Å². The molecule has 1 heterocycles. The molecule has 4 nitrogen and oxygen atoms in total. The van der Waals surface area contributed by atoms with Gasteiger partial charge < -0.3 is 4.74 Å². The highest BCUT2D eigenvalue weighted by molar-refractivity contribution is 8.14. The molecule has 1 saturated carbocycles. The number of rotatable bonds is 5. The first-order valence-electron chi connectivity index (χ1n) is 13.4. The summed E-state index contributed by atoms with van der Waals surface area (Å²) >= 11 is 7.24. The smallest absolute Gasteiger partial charge is 0.309 e. The molecule has 7 heteroatoms. The molecule has 0 radical (unpaired) electrons. The van der Waals surface area contributed by atoms with Gasteiger partial charge in [-0.2, -0.15) is 0 Å². The highest BCUT2D eigenvalue weighted by Crippen LogP contribution is 2.87. The Balaban J connectivity index is 2.14. The van der Waals surface area contributed by atoms with E-state index in [1.165, 1.54) is 18.2 Å². The number of carbonyl (C=O) groups is 1. The van der Waals surface area contributed by atoms with Gasteiger partial charge in [-0.3, -0.25) is 4.79 Å². The van der Waals surface area contributed by atoms with Crippen molar-refractivity contribution in [1.29, 1.82) is 0 Å². The second kappa shape index (κ2) is 9.41. The molecule has 0 aromatic heterocycles. The fraction of sp³-hybridized carbons (Fsp3) is 0.567. The molecule has 4 atom stereocenters. The lowest BCUT2D eigenvalue weighted by atomic mass is 9.89. The number of carbonyl (C=O) groups excluding carboxylic acids is 1. The minimum atomic E-state index is -2.55. The third-order valence-corrected chi connectivity index (χ3v) is 21.3. The molecule has 1 aliphatic heterocycles. The van der Waals surface area contributed by atoms with Crippen molar-refractivity contribution >= 4 is 32.2 Å². The molecule has 0 N–H and O–H groups in total. The van der Waals surface area contributed by atoms with Gasteiger partial charge in [0.15, 0.2) is 0 Å². The van der Waals surface area contributed by atoms with Gasteiger partial charge in [-0.1, -0.05) is 92.1 Å². The third kappa shape index (κ3) is 4.41. The van der Waals surface area contributed by atoms with Gasteiger partial charge in [0, 0.05) is 15.9 Å². The average molecular weight is 557 g/mol. The summed E-state index contributed by atoms with van der Waals surface area (Å²) in [7, 11) is -0.465. The van der Waals surface area contributed by atoms with E-state index in [1.54, 1.807) is 0 Å². The van der Waals surface area contributed by atoms with Crippen LogP contribution in [0.1, 0.15) is 71.2 Å². The molecule has 1 saturated heterocycles. The van der Waals surface area contributed by atoms with Gasteiger partial charge >= 0.3 is 5.97 Å². The number of esters is 1. The van der Waals surface area contributed by atoms with Crippen molar-refractivity contribution in [3.63, 3.8) is 0 Å². The maximum absolute atomic E-state index is 13.3. The number of benzene rings is 2. The lowest BCUT2D eigenvalue weighted by Gasteiger charge is -2.54. The van der Waals surface area contributed by atoms with E-state index < -0.39 is 14.4 Å². The van der Waals surface area contributed by atoms with Gasteiger partial charge in [0.2, 0.25) is 0 Å². The van der Waals surface area contributed by atoms with E-state index in [1.807, 2.05) is 0 Å². The summed E-state index contributed by atoms with van der Waals surface area (Å²) in [4.78, 5) is 13.3. The van der Waals surface area contributed by atoms with Crippen molar-refractivity contribution in [1.82, 2.24) is 9.34 Å². The fourth-order valence-electron chi connectivity index (χ4n) is 6.95. The standard InChI is InChI=1S/C30H45N2O2PSSi/c1-28(2,3)31-25(22-17-13-11-14-18-22)26(23-19-15-12-16-20-23)32(29(4,5)6)35(31,36)30(37(8,9)10)21-24(30)27(33)34-7/h11-20,24-26H,21H2,1-10H3/t24-,25+,26+,30+/m1/s1. The van der Waals surface area contributed by atoms with Crippen LogP contribution >= 0.6 is 6.34 Å². The highest BCUT2D eigenvalue weighted by atomic mass is 32.4. The fourth-order valence-corrected chi connectivity index (χ4v) is 22.9. The summed E-state index contributed by atoms with van der Waals surface area (Å²) in [6.07, 6.45) is -1.72. The molecule has 37 heavy (non-hydrogen) atoms. The summed E-state index contributed by atoms with van der Waals surface area (Å²) in [5.41, 5.74) is 2.15. The zero-order valence-corrected chi connectivity index (χ0v) is 27.0. The Labute approximate surface area is 230 Å². The lowest BCUT2D eigenvalue weighted by molar-refractivity contribution is -0.142. The van der Waals surface area contributed by atoms with Crippen molar-refractivity contribution in [3.8, 4) is 0 Å². The summed E-state index contributed by atoms with van der Waals surface area (Å²) in [5, 5.41) is 0. The van der Waals surface area contributed by atoms with Crippen molar-refractivity contribution in [2.75, 3.05) is 7.11 Å². The number of nitrogens with zero attached hydrogens (tertiary/aromatic N) is 2. The summed E-state index contributed by atoms with van der Waals surface area (Å²) in [6.45, 7) is 21.1. The molecule has 1 aliphatic carbocycles. The Kier molecular flexibility index (Phi) is 7.30. The van der Waals surface area contributed by atoms with Gasteiger partial charge in [0.05, 0.1) is 39.5 Å². The van der Waals surface area contributed by atoms with Gasteiger partial charge in [-0.05, 0) is 59.1 Å². The van der Waals surface area contributed by atoms with Crippen LogP contribution < -0.4 is 0 Å². The van der Waals surface area contributed by atoms with Gasteiger partial charge in [-0.15, -0.1) is 0 Å². The minimum Gasteiger partial charge on any atom is -0.469 e. The molecule has 202 valence electrons. The summed E-state index contributed by atoms with van der Waals surface area (Å²) < 4.78 is 10.6. The van der Waals surface area contributed by atoms with Gasteiger partial charge in [0.1, 0.15) is 0 Å². The zero-order chi connectivity index (χ0) is 27.6. The van der Waals surface area contributed by atoms with Crippen LogP contribution in [0.4, 0.5) is 0 Å². The van der Waals surface area contributed by atoms with Gasteiger partial charge in [0.25, 0.3) is 0 Å². The van der Waals surface area contributed by atoms with E-state index in [2.05, 4.69) is 131 Å². The third-order valence-electron chi connectivity index (χ3n) is 8.30. The first kappa shape index (κ1) is 28.7. The van der Waals surface area contributed by atoms with Crippen LogP contribution in [0.15, 0.2) is 60.7 Å². The largest absolute Gasteiger partial charge is 0.469 e. The van der Waals surface area contributed by atoms with Crippen molar-refractivity contribution in [2.45, 2.75) is 95.5 Å². The Morgan fingerprint density at radius 3 is 1.54 bits per heavy atom. The van der Waals surface area contributed by atoms with Crippen molar-refractivity contribution in [3.05, 3.63) is 71.8 Å². The zero-order valence-electron chi connectivity index (χ0n) is 24.3. The maximum atomic E-state index is 13.3. The van der Waals surface area contributed by atoms with E-state index in [0.717, 1.165) is 6.42 Å². The highest BCUT2D eigenvalue weighted by Gasteiger charge is 2.79. The van der Waals surface area contributed by atoms with Crippen LogP contribution in [0.3, 0.4) is 0 Å². The van der Waals surface area contributed by atoms with Crippen LogP contribution in [0.5, 0.6) is 0 Å². The molecule has 2 aliphatic rings. The monoisotopic (exact) mass is 556 g/mol. The van der Waals surface area contributed by atoms with Crippen LogP contribution in [0, 0.1) is 5.92 Å². The number of methoxy groups -OCH3 is 1. The van der Waals surface area contributed by atoms with E-state index >= 15 is 0 Å². The van der Waals surface area contributed by atoms with E-state index in [4.69, 9.17) is 16.5 Å². The second-order valence-electron chi connectivity index (χ2n) is 13.7. The number of hydrogen-bond donors (Lipinski definition) is 0. The lowest BCUT2D eigenvalue weighted by Crippen LogP contribution is -2.53. The Bertz CT molecular complexity index is 1120. The number of hydrogen-bond acceptors (Lipinski definition) is 3. The normalized spacial score (nSPS) is 28.8. The molecule has 0 amide bonds. The SMILES string of the molecule is COC(=O)[C@H]1C[C@@]1([Si](C)(C)C)P1(=S)N(C(C)(C)C)[C@@H](c2ccccc2)[C@H](c2ccccc2)N1C(C)(C)C. The quantitative estimate of drug-likeness (QED) is 0.213. The van der Waals surface area contributed by atoms with E-state index in [-0.39, 0.29) is 39.8 Å². The molecule has 0 unspecified atom stereocenters. The molecule has 2 aromatic carbocycles. The molecule has 4 rings (SSSR count). The molecule has 2 aromatic rings. The van der Waals surface area contributed by atoms with Crippen LogP contribution in [0.2, 0.25) is 19.6 Å². The first-order chi connectivity index (χ1) is 17.0. The molecule has 0 spiro atoms. The van der Waals surface area contributed by atoms with Gasteiger partial charge in [-0.25, -0.2) is 9.34 Å². The van der Waals surface area contributed by atoms with Crippen LogP contribution in [-0.2, 0) is 21.3 Å². The Morgan fingerprint density at radius 1 is 0.865 bits per heavy atom. The summed E-state index contributed by atoms with van der Waals surface area (Å²) in [5.74, 6) is -0.232. The maximum Gasteiger partial charge on any atom is 0.309 e. The molecular formula is C30H45N2O2PSSi. The Hall–Kier alpha value is -1.30. The van der Waals surface area contributed by atoms with Crippen molar-refractivity contribution < 1.29 is 9.53 Å². The first-order valence-corrected chi connectivity index (χ1v) is 19.6. The molecule has 0 bridgehead atoms. The topological polar surface area (TPSA) is 32.8 Å². The predicted octanol–water partition coefficient (Wildman–Crippen LogP) is 7.80. The second-order valence-corrected chi connectivity index (χ2v) is 23.8. The number of ether oxygens (including phenoxy) is 1. The predicted molar refractivity (Wildman–Crippen MR) is 162 cm³/mol. The van der Waals surface area contributed by atoms with Crippen LogP contribution in [0.25, 0.3) is 0 Å². The van der Waals surface area contributed by atoms with E-state index in [0.29, 0.717) is 0 Å². The molecular weight excluding hydrogens is 511 g/mol. The average Bonchev–Trinajstić information content (AvgIpc) is 3.51. The van der Waals surface area contributed by atoms with E-state index in [9.17, 15) is 4.79 Å². The Morgan fingerprint density at radius 2 is 1.24 bits per heavy atom.